The maximum absolute atomic E-state index is 13.5. The van der Waals surface area contributed by atoms with Gasteiger partial charge in [-0.1, -0.05) is 29.8 Å². The lowest BCUT2D eigenvalue weighted by atomic mass is 9.94. The Morgan fingerprint density at radius 2 is 1.80 bits per heavy atom. The Morgan fingerprint density at radius 1 is 1.20 bits per heavy atom. The zero-order valence-corrected chi connectivity index (χ0v) is 10.7. The van der Waals surface area contributed by atoms with Crippen LogP contribution < -0.4 is 0 Å². The van der Waals surface area contributed by atoms with E-state index in [0.29, 0.717) is 16.0 Å². The molecule has 1 aromatic rings. The fraction of sp³-hybridized carbons (Fsp3) is 0.500. The smallest absolute Gasteiger partial charge is 0.129 e. The van der Waals surface area contributed by atoms with Crippen LogP contribution in [-0.2, 0) is 0 Å². The summed E-state index contributed by atoms with van der Waals surface area (Å²) < 4.78 is 26.5. The zero-order chi connectivity index (χ0) is 11.6. The molecule has 0 radical (unpaired) electrons. The first-order chi connectivity index (χ1) is 6.91. The minimum absolute atomic E-state index is 0.0960. The van der Waals surface area contributed by atoms with Gasteiger partial charge in [-0.2, -0.15) is 0 Å². The van der Waals surface area contributed by atoms with Crippen LogP contribution in [0.15, 0.2) is 12.1 Å². The van der Waals surface area contributed by atoms with Gasteiger partial charge in [0, 0.05) is 10.9 Å². The molecule has 84 valence electrons. The molecule has 0 aliphatic carbocycles. The summed E-state index contributed by atoms with van der Waals surface area (Å²) in [6.07, 6.45) is 0.835. The highest BCUT2D eigenvalue weighted by Gasteiger charge is 2.15. The fourth-order valence-corrected chi connectivity index (χ4v) is 2.23. The molecule has 0 heterocycles. The molecule has 0 aliphatic heterocycles. The third kappa shape index (κ3) is 3.26. The number of alkyl halides is 1. The van der Waals surface area contributed by atoms with Crippen LogP contribution >= 0.6 is 15.9 Å². The van der Waals surface area contributed by atoms with Crippen molar-refractivity contribution >= 4 is 15.9 Å². The standard InChI is InChI=1S/C12H15BrF2/c1-7(4-9(3)13)10-5-8(2)11(14)6-12(10)15/h5-7,9H,4H2,1-3H3. The van der Waals surface area contributed by atoms with Crippen molar-refractivity contribution in [2.24, 2.45) is 0 Å². The molecule has 2 atom stereocenters. The van der Waals surface area contributed by atoms with Crippen molar-refractivity contribution in [1.29, 1.82) is 0 Å². The van der Waals surface area contributed by atoms with Crippen LogP contribution in [0.3, 0.4) is 0 Å². The Balaban J connectivity index is 2.98. The van der Waals surface area contributed by atoms with E-state index >= 15 is 0 Å². The fourth-order valence-electron chi connectivity index (χ4n) is 1.67. The molecule has 2 unspecified atom stereocenters. The van der Waals surface area contributed by atoms with Gasteiger partial charge < -0.3 is 0 Å². The summed E-state index contributed by atoms with van der Waals surface area (Å²) >= 11 is 3.43. The van der Waals surface area contributed by atoms with Crippen molar-refractivity contribution in [3.63, 3.8) is 0 Å². The van der Waals surface area contributed by atoms with E-state index in [-0.39, 0.29) is 5.92 Å². The second kappa shape index (κ2) is 5.06. The van der Waals surface area contributed by atoms with E-state index < -0.39 is 11.6 Å². The first-order valence-electron chi connectivity index (χ1n) is 5.01. The Hall–Kier alpha value is -0.440. The van der Waals surface area contributed by atoms with E-state index in [2.05, 4.69) is 15.9 Å². The van der Waals surface area contributed by atoms with Gasteiger partial charge in [0.1, 0.15) is 11.6 Å². The molecule has 0 saturated carbocycles. The van der Waals surface area contributed by atoms with E-state index in [1.807, 2.05) is 13.8 Å². The minimum atomic E-state index is -0.477. The van der Waals surface area contributed by atoms with E-state index in [1.54, 1.807) is 13.0 Å². The minimum Gasteiger partial charge on any atom is -0.207 e. The van der Waals surface area contributed by atoms with Crippen molar-refractivity contribution < 1.29 is 8.78 Å². The second-order valence-electron chi connectivity index (χ2n) is 4.04. The Kier molecular flexibility index (Phi) is 4.26. The number of aryl methyl sites for hydroxylation is 1. The molecule has 0 aromatic heterocycles. The number of hydrogen-bond donors (Lipinski definition) is 0. The third-order valence-corrected chi connectivity index (χ3v) is 2.86. The zero-order valence-electron chi connectivity index (χ0n) is 9.15. The monoisotopic (exact) mass is 276 g/mol. The van der Waals surface area contributed by atoms with Gasteiger partial charge in [0.15, 0.2) is 0 Å². The lowest BCUT2D eigenvalue weighted by Crippen LogP contribution is -2.04. The molecule has 1 aromatic carbocycles. The van der Waals surface area contributed by atoms with Gasteiger partial charge in [-0.15, -0.1) is 0 Å². The van der Waals surface area contributed by atoms with Crippen LogP contribution in [-0.4, -0.2) is 4.83 Å². The normalized spacial score (nSPS) is 15.1. The Morgan fingerprint density at radius 3 is 2.33 bits per heavy atom. The van der Waals surface area contributed by atoms with Crippen molar-refractivity contribution in [2.45, 2.75) is 37.9 Å². The van der Waals surface area contributed by atoms with Gasteiger partial charge in [0.25, 0.3) is 0 Å². The lowest BCUT2D eigenvalue weighted by Gasteiger charge is -2.15. The Labute approximate surface area is 97.8 Å². The van der Waals surface area contributed by atoms with Gasteiger partial charge in [-0.25, -0.2) is 8.78 Å². The average Bonchev–Trinajstić information content (AvgIpc) is 2.09. The maximum Gasteiger partial charge on any atom is 0.129 e. The van der Waals surface area contributed by atoms with Crippen LogP contribution in [0.2, 0.25) is 0 Å². The number of benzene rings is 1. The molecule has 1 rings (SSSR count). The molecule has 3 heteroatoms. The van der Waals surface area contributed by atoms with Crippen molar-refractivity contribution in [1.82, 2.24) is 0 Å². The molecule has 0 bridgehead atoms. The van der Waals surface area contributed by atoms with Gasteiger partial charge in [-0.3, -0.25) is 0 Å². The topological polar surface area (TPSA) is 0 Å². The van der Waals surface area contributed by atoms with E-state index in [1.165, 1.54) is 0 Å². The van der Waals surface area contributed by atoms with Crippen molar-refractivity contribution in [3.8, 4) is 0 Å². The van der Waals surface area contributed by atoms with Gasteiger partial charge >= 0.3 is 0 Å². The van der Waals surface area contributed by atoms with Crippen LogP contribution in [0, 0.1) is 18.6 Å². The predicted octanol–water partition coefficient (Wildman–Crippen LogP) is 4.55. The molecule has 0 amide bonds. The SMILES string of the molecule is Cc1cc(C(C)CC(C)Br)c(F)cc1F. The first kappa shape index (κ1) is 12.6. The average molecular weight is 277 g/mol. The van der Waals surface area contributed by atoms with E-state index in [0.717, 1.165) is 12.5 Å². The molecule has 0 nitrogen and oxygen atoms in total. The molecule has 0 N–H and O–H groups in total. The molecule has 15 heavy (non-hydrogen) atoms. The van der Waals surface area contributed by atoms with Crippen molar-refractivity contribution in [3.05, 3.63) is 34.9 Å². The molecular weight excluding hydrogens is 262 g/mol. The van der Waals surface area contributed by atoms with Gasteiger partial charge in [-0.05, 0) is 36.5 Å². The molecule has 0 fully saturated rings. The summed E-state index contributed by atoms with van der Waals surface area (Å²) in [5.74, 6) is -0.826. The largest absolute Gasteiger partial charge is 0.207 e. The summed E-state index contributed by atoms with van der Waals surface area (Å²) in [5.41, 5.74) is 1.10. The molecule has 0 spiro atoms. The molecular formula is C12H15BrF2. The highest BCUT2D eigenvalue weighted by molar-refractivity contribution is 9.09. The maximum atomic E-state index is 13.5. The summed E-state index contributed by atoms with van der Waals surface area (Å²) in [5, 5.41) is 0. The highest BCUT2D eigenvalue weighted by Crippen LogP contribution is 2.27. The van der Waals surface area contributed by atoms with E-state index in [4.69, 9.17) is 0 Å². The summed E-state index contributed by atoms with van der Waals surface area (Å²) in [7, 11) is 0. The second-order valence-corrected chi connectivity index (χ2v) is 5.60. The Bertz CT molecular complexity index is 348. The summed E-state index contributed by atoms with van der Waals surface area (Å²) in [6, 6.07) is 2.57. The van der Waals surface area contributed by atoms with Gasteiger partial charge in [0.05, 0.1) is 0 Å². The van der Waals surface area contributed by atoms with Crippen LogP contribution in [0.25, 0.3) is 0 Å². The van der Waals surface area contributed by atoms with Crippen LogP contribution in [0.5, 0.6) is 0 Å². The number of hydrogen-bond acceptors (Lipinski definition) is 0. The number of rotatable bonds is 3. The quantitative estimate of drug-likeness (QED) is 0.711. The first-order valence-corrected chi connectivity index (χ1v) is 5.93. The molecule has 0 saturated heterocycles. The number of halogens is 3. The van der Waals surface area contributed by atoms with Gasteiger partial charge in [0.2, 0.25) is 0 Å². The summed E-state index contributed by atoms with van der Waals surface area (Å²) in [6.45, 7) is 5.63. The summed E-state index contributed by atoms with van der Waals surface area (Å²) in [4.78, 5) is 0.331. The molecule has 0 aliphatic rings. The van der Waals surface area contributed by atoms with Crippen molar-refractivity contribution in [2.75, 3.05) is 0 Å². The lowest BCUT2D eigenvalue weighted by molar-refractivity contribution is 0.547. The highest BCUT2D eigenvalue weighted by atomic mass is 79.9. The van der Waals surface area contributed by atoms with E-state index in [9.17, 15) is 8.78 Å². The van der Waals surface area contributed by atoms with Crippen LogP contribution in [0.1, 0.15) is 37.3 Å². The predicted molar refractivity (Wildman–Crippen MR) is 62.5 cm³/mol. The third-order valence-electron chi connectivity index (χ3n) is 2.49. The van der Waals surface area contributed by atoms with Crippen LogP contribution in [0.4, 0.5) is 8.78 Å².